The van der Waals surface area contributed by atoms with Gasteiger partial charge in [0.2, 0.25) is 0 Å². The number of hydrogen-bond acceptors (Lipinski definition) is 1. The molecular weight excluding hydrogens is 158 g/mol. The van der Waals surface area contributed by atoms with Crippen molar-refractivity contribution < 1.29 is 0 Å². The molecule has 0 aliphatic heterocycles. The molecule has 13 heavy (non-hydrogen) atoms. The molecule has 0 fully saturated rings. The van der Waals surface area contributed by atoms with Crippen molar-refractivity contribution in [2.45, 2.75) is 39.5 Å². The smallest absolute Gasteiger partial charge is 0.0177 e. The van der Waals surface area contributed by atoms with Crippen LogP contribution >= 0.6 is 0 Å². The molecule has 0 aliphatic rings. The Balaban J connectivity index is 4.14. The van der Waals surface area contributed by atoms with Gasteiger partial charge in [0, 0.05) is 6.21 Å². The maximum atomic E-state index is 7.07. The molecule has 0 aromatic heterocycles. The van der Waals surface area contributed by atoms with Crippen LogP contribution in [0.2, 0.25) is 0 Å². The summed E-state index contributed by atoms with van der Waals surface area (Å²) in [6.45, 7) is 8.13. The summed E-state index contributed by atoms with van der Waals surface area (Å²) in [5, 5.41) is 7.07. The summed E-state index contributed by atoms with van der Waals surface area (Å²) in [6, 6.07) is 0. The molecule has 1 heteroatoms. The molecule has 0 aromatic rings. The zero-order valence-corrected chi connectivity index (χ0v) is 8.84. The van der Waals surface area contributed by atoms with Crippen LogP contribution in [0.25, 0.3) is 0 Å². The highest BCUT2D eigenvalue weighted by atomic mass is 14.3. The summed E-state index contributed by atoms with van der Waals surface area (Å²) in [4.78, 5) is 0. The van der Waals surface area contributed by atoms with Gasteiger partial charge in [0.1, 0.15) is 0 Å². The fourth-order valence-corrected chi connectivity index (χ4v) is 1.38. The van der Waals surface area contributed by atoms with E-state index in [9.17, 15) is 0 Å². The van der Waals surface area contributed by atoms with Gasteiger partial charge in [0.25, 0.3) is 0 Å². The normalized spacial score (nSPS) is 13.8. The third kappa shape index (κ3) is 5.40. The lowest BCUT2D eigenvalue weighted by Gasteiger charge is -2.13. The second-order valence-corrected chi connectivity index (χ2v) is 3.44. The highest BCUT2D eigenvalue weighted by Crippen LogP contribution is 2.20. The molecule has 0 heterocycles. The van der Waals surface area contributed by atoms with E-state index in [1.165, 1.54) is 24.6 Å². The second kappa shape index (κ2) is 7.78. The van der Waals surface area contributed by atoms with Crippen LogP contribution in [0.3, 0.4) is 0 Å². The number of allylic oxidation sites excluding steroid dienone is 3. The number of rotatable bonds is 7. The lowest BCUT2D eigenvalue weighted by atomic mass is 9.93. The van der Waals surface area contributed by atoms with Crippen LogP contribution in [-0.2, 0) is 0 Å². The maximum absolute atomic E-state index is 7.07. The van der Waals surface area contributed by atoms with E-state index >= 15 is 0 Å². The van der Waals surface area contributed by atoms with E-state index in [-0.39, 0.29) is 0 Å². The minimum atomic E-state index is 0.547. The largest absolute Gasteiger partial charge is 0.309 e. The number of unbranched alkanes of at least 4 members (excludes halogenated alkanes) is 1. The molecule has 74 valence electrons. The van der Waals surface area contributed by atoms with Gasteiger partial charge in [-0.25, -0.2) is 0 Å². The Kier molecular flexibility index (Phi) is 7.27. The Hall–Kier alpha value is -0.850. The Morgan fingerprint density at radius 3 is 2.69 bits per heavy atom. The molecular formula is C12H21N. The summed E-state index contributed by atoms with van der Waals surface area (Å²) in [7, 11) is 0. The van der Waals surface area contributed by atoms with E-state index in [0.29, 0.717) is 5.92 Å². The van der Waals surface area contributed by atoms with Crippen LogP contribution < -0.4 is 0 Å². The molecule has 0 saturated heterocycles. The summed E-state index contributed by atoms with van der Waals surface area (Å²) >= 11 is 0. The van der Waals surface area contributed by atoms with Gasteiger partial charge in [-0.15, -0.1) is 6.58 Å². The van der Waals surface area contributed by atoms with Gasteiger partial charge in [-0.1, -0.05) is 31.9 Å². The molecule has 0 rings (SSSR count). The summed E-state index contributed by atoms with van der Waals surface area (Å²) < 4.78 is 0. The predicted molar refractivity (Wildman–Crippen MR) is 60.4 cm³/mol. The van der Waals surface area contributed by atoms with Gasteiger partial charge >= 0.3 is 0 Å². The van der Waals surface area contributed by atoms with Crippen LogP contribution in [0.5, 0.6) is 0 Å². The van der Waals surface area contributed by atoms with Crippen molar-refractivity contribution >= 4 is 6.21 Å². The lowest BCUT2D eigenvalue weighted by Crippen LogP contribution is -1.98. The Morgan fingerprint density at radius 2 is 2.23 bits per heavy atom. The first kappa shape index (κ1) is 12.2. The van der Waals surface area contributed by atoms with Gasteiger partial charge in [0.05, 0.1) is 0 Å². The molecule has 0 amide bonds. The first-order valence-corrected chi connectivity index (χ1v) is 5.06. The van der Waals surface area contributed by atoms with Crippen molar-refractivity contribution in [1.82, 2.24) is 0 Å². The van der Waals surface area contributed by atoms with Crippen LogP contribution in [0.15, 0.2) is 24.3 Å². The SMILES string of the molecule is C=CCC(C)C(=CC=N)CCCC. The summed E-state index contributed by atoms with van der Waals surface area (Å²) in [6.07, 6.45) is 9.87. The zero-order valence-electron chi connectivity index (χ0n) is 8.84. The maximum Gasteiger partial charge on any atom is 0.0177 e. The highest BCUT2D eigenvalue weighted by molar-refractivity contribution is 5.69. The fraction of sp³-hybridized carbons (Fsp3) is 0.583. The van der Waals surface area contributed by atoms with Crippen molar-refractivity contribution in [3.63, 3.8) is 0 Å². The number of nitrogens with one attached hydrogen (secondary N) is 1. The Bertz CT molecular complexity index is 180. The van der Waals surface area contributed by atoms with Crippen molar-refractivity contribution in [3.8, 4) is 0 Å². The molecule has 1 unspecified atom stereocenters. The summed E-state index contributed by atoms with van der Waals surface area (Å²) in [5.74, 6) is 0.547. The molecule has 0 spiro atoms. The number of hydrogen-bond donors (Lipinski definition) is 1. The fourth-order valence-electron chi connectivity index (χ4n) is 1.38. The molecule has 1 atom stereocenters. The predicted octanol–water partition coefficient (Wildman–Crippen LogP) is 3.96. The first-order chi connectivity index (χ1) is 6.26. The molecule has 0 saturated carbocycles. The average molecular weight is 179 g/mol. The van der Waals surface area contributed by atoms with Crippen LogP contribution in [0, 0.1) is 11.3 Å². The van der Waals surface area contributed by atoms with Crippen molar-refractivity contribution in [3.05, 3.63) is 24.3 Å². The second-order valence-electron chi connectivity index (χ2n) is 3.44. The van der Waals surface area contributed by atoms with E-state index in [0.717, 1.165) is 12.8 Å². The minimum Gasteiger partial charge on any atom is -0.309 e. The zero-order chi connectivity index (χ0) is 10.1. The van der Waals surface area contributed by atoms with Crippen LogP contribution in [0.4, 0.5) is 0 Å². The van der Waals surface area contributed by atoms with Gasteiger partial charge < -0.3 is 5.41 Å². The molecule has 0 radical (unpaired) electrons. The van der Waals surface area contributed by atoms with E-state index in [2.05, 4.69) is 20.4 Å². The van der Waals surface area contributed by atoms with Gasteiger partial charge in [-0.2, -0.15) is 0 Å². The molecule has 1 N–H and O–H groups in total. The standard InChI is InChI=1S/C12H21N/c1-4-6-8-12(9-10-13)11(3)7-5-2/h5,9-11,13H,2,4,6-8H2,1,3H3. The van der Waals surface area contributed by atoms with Gasteiger partial charge in [-0.3, -0.25) is 0 Å². The van der Waals surface area contributed by atoms with Crippen molar-refractivity contribution in [1.29, 1.82) is 5.41 Å². The average Bonchev–Trinajstić information content (AvgIpc) is 2.12. The Morgan fingerprint density at radius 1 is 1.54 bits per heavy atom. The first-order valence-electron chi connectivity index (χ1n) is 5.06. The third-order valence-corrected chi connectivity index (χ3v) is 2.27. The lowest BCUT2D eigenvalue weighted by molar-refractivity contribution is 0.634. The van der Waals surface area contributed by atoms with Gasteiger partial charge in [-0.05, 0) is 31.3 Å². The third-order valence-electron chi connectivity index (χ3n) is 2.27. The monoisotopic (exact) mass is 179 g/mol. The van der Waals surface area contributed by atoms with E-state index < -0.39 is 0 Å². The van der Waals surface area contributed by atoms with Crippen LogP contribution in [0.1, 0.15) is 39.5 Å². The van der Waals surface area contributed by atoms with Crippen molar-refractivity contribution in [2.75, 3.05) is 0 Å². The summed E-state index contributed by atoms with van der Waals surface area (Å²) in [5.41, 5.74) is 1.39. The molecule has 0 aromatic carbocycles. The molecule has 1 nitrogen and oxygen atoms in total. The van der Waals surface area contributed by atoms with E-state index in [4.69, 9.17) is 5.41 Å². The Labute approximate surface area is 82.1 Å². The van der Waals surface area contributed by atoms with E-state index in [1.54, 1.807) is 0 Å². The topological polar surface area (TPSA) is 23.9 Å². The molecule has 0 aliphatic carbocycles. The highest BCUT2D eigenvalue weighted by Gasteiger charge is 2.05. The quantitative estimate of drug-likeness (QED) is 0.452. The van der Waals surface area contributed by atoms with Gasteiger partial charge in [0.15, 0.2) is 0 Å². The minimum absolute atomic E-state index is 0.547. The van der Waals surface area contributed by atoms with E-state index in [1.807, 2.05) is 12.2 Å². The van der Waals surface area contributed by atoms with Crippen molar-refractivity contribution in [2.24, 2.45) is 5.92 Å². The molecule has 0 bridgehead atoms. The van der Waals surface area contributed by atoms with Crippen LogP contribution in [-0.4, -0.2) is 6.21 Å².